The SMILES string of the molecule is Cc1cc(C#N)ncc1N1CCN(C(=O)OC(C)(C)C)[C@@H](C)C1. The molecule has 1 atom stereocenters. The highest BCUT2D eigenvalue weighted by molar-refractivity contribution is 5.69. The maximum atomic E-state index is 12.3. The number of aromatic nitrogens is 1. The van der Waals surface area contributed by atoms with Crippen molar-refractivity contribution in [3.63, 3.8) is 0 Å². The number of anilines is 1. The first-order valence-corrected chi connectivity index (χ1v) is 7.82. The molecule has 0 aromatic carbocycles. The summed E-state index contributed by atoms with van der Waals surface area (Å²) in [6.07, 6.45) is 1.48. The summed E-state index contributed by atoms with van der Waals surface area (Å²) in [4.78, 5) is 20.4. The molecule has 1 aliphatic heterocycles. The number of nitriles is 1. The average molecular weight is 316 g/mol. The zero-order valence-electron chi connectivity index (χ0n) is 14.5. The van der Waals surface area contributed by atoms with Gasteiger partial charge in [0.2, 0.25) is 0 Å². The number of amides is 1. The molecule has 23 heavy (non-hydrogen) atoms. The molecule has 2 heterocycles. The van der Waals surface area contributed by atoms with E-state index in [1.54, 1.807) is 17.2 Å². The van der Waals surface area contributed by atoms with Crippen molar-refractivity contribution in [1.82, 2.24) is 9.88 Å². The van der Waals surface area contributed by atoms with Gasteiger partial charge in [0.25, 0.3) is 0 Å². The monoisotopic (exact) mass is 316 g/mol. The average Bonchev–Trinajstić information content (AvgIpc) is 2.44. The van der Waals surface area contributed by atoms with Crippen LogP contribution in [-0.4, -0.2) is 47.3 Å². The molecule has 2 rings (SSSR count). The van der Waals surface area contributed by atoms with Gasteiger partial charge in [-0.2, -0.15) is 5.26 Å². The van der Waals surface area contributed by atoms with E-state index in [-0.39, 0.29) is 12.1 Å². The van der Waals surface area contributed by atoms with E-state index in [1.165, 1.54) is 0 Å². The fourth-order valence-corrected chi connectivity index (χ4v) is 2.71. The lowest BCUT2D eigenvalue weighted by Gasteiger charge is -2.41. The van der Waals surface area contributed by atoms with Gasteiger partial charge < -0.3 is 14.5 Å². The quantitative estimate of drug-likeness (QED) is 0.797. The summed E-state index contributed by atoms with van der Waals surface area (Å²) in [5.74, 6) is 0. The summed E-state index contributed by atoms with van der Waals surface area (Å²) in [5, 5.41) is 8.91. The third-order valence-electron chi connectivity index (χ3n) is 3.79. The van der Waals surface area contributed by atoms with E-state index in [0.29, 0.717) is 18.8 Å². The highest BCUT2D eigenvalue weighted by Crippen LogP contribution is 2.24. The van der Waals surface area contributed by atoms with E-state index in [9.17, 15) is 4.79 Å². The van der Waals surface area contributed by atoms with Gasteiger partial charge in [-0.1, -0.05) is 0 Å². The number of carbonyl (C=O) groups excluding carboxylic acids is 1. The Morgan fingerprint density at radius 2 is 2.13 bits per heavy atom. The molecule has 124 valence electrons. The molecule has 6 heteroatoms. The first-order chi connectivity index (χ1) is 10.7. The molecular formula is C17H24N4O2. The van der Waals surface area contributed by atoms with Gasteiger partial charge in [-0.25, -0.2) is 9.78 Å². The lowest BCUT2D eigenvalue weighted by atomic mass is 10.1. The minimum absolute atomic E-state index is 0.0497. The molecule has 0 spiro atoms. The Bertz CT molecular complexity index is 630. The fourth-order valence-electron chi connectivity index (χ4n) is 2.71. The molecule has 0 N–H and O–H groups in total. The van der Waals surface area contributed by atoms with E-state index >= 15 is 0 Å². The van der Waals surface area contributed by atoms with Crippen molar-refractivity contribution in [1.29, 1.82) is 5.26 Å². The molecule has 1 fully saturated rings. The van der Waals surface area contributed by atoms with Crippen LogP contribution in [0.15, 0.2) is 12.3 Å². The number of nitrogens with zero attached hydrogens (tertiary/aromatic N) is 4. The van der Waals surface area contributed by atoms with Gasteiger partial charge in [0, 0.05) is 25.7 Å². The van der Waals surface area contributed by atoms with Gasteiger partial charge in [-0.15, -0.1) is 0 Å². The molecule has 0 aliphatic carbocycles. The van der Waals surface area contributed by atoms with Crippen LogP contribution in [0.1, 0.15) is 39.0 Å². The number of aryl methyl sites for hydroxylation is 1. The van der Waals surface area contributed by atoms with Crippen LogP contribution in [-0.2, 0) is 4.74 Å². The summed E-state index contributed by atoms with van der Waals surface area (Å²) < 4.78 is 5.46. The molecule has 1 aromatic heterocycles. The Labute approximate surface area is 137 Å². The maximum absolute atomic E-state index is 12.3. The number of ether oxygens (including phenoxy) is 1. The summed E-state index contributed by atoms with van der Waals surface area (Å²) in [7, 11) is 0. The van der Waals surface area contributed by atoms with Crippen LogP contribution in [0.5, 0.6) is 0 Å². The molecule has 0 bridgehead atoms. The van der Waals surface area contributed by atoms with Crippen molar-refractivity contribution in [3.8, 4) is 6.07 Å². The van der Waals surface area contributed by atoms with E-state index in [1.807, 2.05) is 34.6 Å². The number of rotatable bonds is 1. The Hall–Kier alpha value is -2.29. The molecule has 0 radical (unpaired) electrons. The second-order valence-corrected chi connectivity index (χ2v) is 6.94. The second kappa shape index (κ2) is 6.45. The Morgan fingerprint density at radius 1 is 1.43 bits per heavy atom. The van der Waals surface area contributed by atoms with Gasteiger partial charge in [0.1, 0.15) is 17.4 Å². The summed E-state index contributed by atoms with van der Waals surface area (Å²) in [6.45, 7) is 11.7. The third kappa shape index (κ3) is 4.13. The van der Waals surface area contributed by atoms with Crippen molar-refractivity contribution in [2.75, 3.05) is 24.5 Å². The lowest BCUT2D eigenvalue weighted by Crippen LogP contribution is -2.55. The molecule has 0 saturated carbocycles. The second-order valence-electron chi connectivity index (χ2n) is 6.94. The normalized spacial score (nSPS) is 18.5. The summed E-state index contributed by atoms with van der Waals surface area (Å²) in [5.41, 5.74) is 1.97. The molecule has 6 nitrogen and oxygen atoms in total. The smallest absolute Gasteiger partial charge is 0.410 e. The number of piperazine rings is 1. The van der Waals surface area contributed by atoms with E-state index < -0.39 is 5.60 Å². The van der Waals surface area contributed by atoms with Crippen LogP contribution in [0.3, 0.4) is 0 Å². The minimum atomic E-state index is -0.485. The zero-order valence-corrected chi connectivity index (χ0v) is 14.5. The van der Waals surface area contributed by atoms with Crippen LogP contribution in [0.25, 0.3) is 0 Å². The van der Waals surface area contributed by atoms with Gasteiger partial charge in [-0.05, 0) is 46.2 Å². The molecule has 0 unspecified atom stereocenters. The summed E-state index contributed by atoms with van der Waals surface area (Å²) >= 11 is 0. The fraction of sp³-hybridized carbons (Fsp3) is 0.588. The standard InChI is InChI=1S/C17H24N4O2/c1-12-8-14(9-18)19-10-15(12)20-6-7-21(13(2)11-20)16(22)23-17(3,4)5/h8,10,13H,6-7,11H2,1-5H3/t13-/m0/s1. The largest absolute Gasteiger partial charge is 0.444 e. The first-order valence-electron chi connectivity index (χ1n) is 7.82. The number of hydrogen-bond donors (Lipinski definition) is 0. The zero-order chi connectivity index (χ0) is 17.2. The number of carbonyl (C=O) groups is 1. The number of pyridine rings is 1. The van der Waals surface area contributed by atoms with Crippen LogP contribution in [0.4, 0.5) is 10.5 Å². The molecular weight excluding hydrogens is 292 g/mol. The Morgan fingerprint density at radius 3 is 2.65 bits per heavy atom. The van der Waals surface area contributed by atoms with Crippen LogP contribution in [0.2, 0.25) is 0 Å². The van der Waals surface area contributed by atoms with E-state index in [2.05, 4.69) is 16.0 Å². The highest BCUT2D eigenvalue weighted by atomic mass is 16.6. The minimum Gasteiger partial charge on any atom is -0.444 e. The molecule has 1 amide bonds. The van der Waals surface area contributed by atoms with Crippen LogP contribution >= 0.6 is 0 Å². The predicted octanol–water partition coefficient (Wildman–Crippen LogP) is 2.71. The molecule has 1 saturated heterocycles. The van der Waals surface area contributed by atoms with Crippen molar-refractivity contribution in [2.45, 2.75) is 46.3 Å². The van der Waals surface area contributed by atoms with Crippen molar-refractivity contribution in [3.05, 3.63) is 23.5 Å². The molecule has 1 aromatic rings. The predicted molar refractivity (Wildman–Crippen MR) is 88.3 cm³/mol. The van der Waals surface area contributed by atoms with Crippen molar-refractivity contribution < 1.29 is 9.53 Å². The summed E-state index contributed by atoms with van der Waals surface area (Å²) in [6, 6.07) is 3.89. The molecule has 1 aliphatic rings. The lowest BCUT2D eigenvalue weighted by molar-refractivity contribution is 0.0159. The van der Waals surface area contributed by atoms with Crippen LogP contribution < -0.4 is 4.90 Å². The van der Waals surface area contributed by atoms with Crippen molar-refractivity contribution in [2.24, 2.45) is 0 Å². The Kier molecular flexibility index (Phi) is 4.79. The van der Waals surface area contributed by atoms with Gasteiger partial charge >= 0.3 is 6.09 Å². The highest BCUT2D eigenvalue weighted by Gasteiger charge is 2.31. The van der Waals surface area contributed by atoms with Crippen molar-refractivity contribution >= 4 is 11.8 Å². The van der Waals surface area contributed by atoms with Gasteiger partial charge in [0.15, 0.2) is 0 Å². The van der Waals surface area contributed by atoms with E-state index in [0.717, 1.165) is 17.8 Å². The van der Waals surface area contributed by atoms with Gasteiger partial charge in [0.05, 0.1) is 11.9 Å². The third-order valence-corrected chi connectivity index (χ3v) is 3.79. The topological polar surface area (TPSA) is 69.5 Å². The maximum Gasteiger partial charge on any atom is 0.410 e. The first kappa shape index (κ1) is 17.1. The Balaban J connectivity index is 2.07. The van der Waals surface area contributed by atoms with Crippen LogP contribution in [0, 0.1) is 18.3 Å². The van der Waals surface area contributed by atoms with Gasteiger partial charge in [-0.3, -0.25) is 0 Å². The number of hydrogen-bond acceptors (Lipinski definition) is 5. The van der Waals surface area contributed by atoms with E-state index in [4.69, 9.17) is 10.00 Å².